The Balaban J connectivity index is 4.67. The van der Waals surface area contributed by atoms with E-state index in [1.54, 1.807) is 0 Å². The quantitative estimate of drug-likeness (QED) is 0.487. The van der Waals surface area contributed by atoms with E-state index < -0.39 is 26.7 Å². The summed E-state index contributed by atoms with van der Waals surface area (Å²) in [7, 11) is -7.64. The minimum absolute atomic E-state index is 1.13. The van der Waals surface area contributed by atoms with E-state index in [-0.39, 0.29) is 0 Å². The van der Waals surface area contributed by atoms with E-state index >= 15 is 0 Å². The second-order valence-electron chi connectivity index (χ2n) is 3.14. The summed E-state index contributed by atoms with van der Waals surface area (Å²) in [5.74, 6) is 0. The van der Waals surface area contributed by atoms with Gasteiger partial charge in [0, 0.05) is 34.4 Å². The Bertz CT molecular complexity index is 204. The molecule has 0 aromatic carbocycles. The van der Waals surface area contributed by atoms with Crippen molar-refractivity contribution in [3.63, 3.8) is 0 Å². The molecule has 0 bridgehead atoms. The Morgan fingerprint density at radius 2 is 1.00 bits per heavy atom. The van der Waals surface area contributed by atoms with Crippen molar-refractivity contribution in [1.82, 2.24) is 0 Å². The highest BCUT2D eigenvalue weighted by molar-refractivity contribution is 6.75. The average molecular weight is 290 g/mol. The van der Waals surface area contributed by atoms with Crippen LogP contribution in [0.3, 0.4) is 0 Å². The highest BCUT2D eigenvalue weighted by atomic mass is 28.5. The molecule has 0 aromatic heterocycles. The monoisotopic (exact) mass is 290 g/mol. The van der Waals surface area contributed by atoms with Gasteiger partial charge in [0.15, 0.2) is 0 Å². The third kappa shape index (κ3) is 5.60. The minimum atomic E-state index is -4.16. The summed E-state index contributed by atoms with van der Waals surface area (Å²) in [5.41, 5.74) is 0. The van der Waals surface area contributed by atoms with Gasteiger partial charge in [0.05, 0.1) is 0 Å². The first-order valence-electron chi connectivity index (χ1n) is 4.32. The van der Waals surface area contributed by atoms with Crippen LogP contribution in [0.2, 0.25) is 13.1 Å². The molecule has 2 atom stereocenters. The molecule has 98 valence electrons. The Hall–Kier alpha value is 0.331. The lowest BCUT2D eigenvalue weighted by Crippen LogP contribution is -2.61. The molecule has 0 aliphatic carbocycles. The third-order valence-corrected chi connectivity index (χ3v) is 8.78. The van der Waals surface area contributed by atoms with Gasteiger partial charge in [0.1, 0.15) is 0 Å². The number of rotatable bonds is 7. The maximum Gasteiger partial charge on any atom is 0.661 e. The van der Waals surface area contributed by atoms with E-state index in [4.69, 9.17) is 8.23 Å². The van der Waals surface area contributed by atoms with E-state index in [0.29, 0.717) is 0 Å². The molecule has 0 saturated heterocycles. The van der Waals surface area contributed by atoms with E-state index in [1.165, 1.54) is 27.3 Å². The maximum absolute atomic E-state index is 9.82. The molecule has 0 amide bonds. The second kappa shape index (κ2) is 5.78. The van der Waals surface area contributed by atoms with Crippen molar-refractivity contribution < 1.29 is 35.9 Å². The van der Waals surface area contributed by atoms with Crippen LogP contribution < -0.4 is 0 Å². The van der Waals surface area contributed by atoms with Gasteiger partial charge in [-0.15, -0.1) is 0 Å². The molecule has 0 saturated carbocycles. The molecule has 11 heteroatoms. The fraction of sp³-hybridized carbons (Fsp3) is 1.00. The largest absolute Gasteiger partial charge is 0.661 e. The lowest BCUT2D eigenvalue weighted by Gasteiger charge is -2.31. The summed E-state index contributed by atoms with van der Waals surface area (Å²) in [6.45, 7) is 2.55. The molecule has 0 aromatic rings. The molecular weight excluding hydrogens is 272 g/mol. The van der Waals surface area contributed by atoms with Gasteiger partial charge in [-0.1, -0.05) is 0 Å². The predicted molar refractivity (Wildman–Crippen MR) is 58.8 cm³/mol. The standard InChI is InChI=1S/C5H18O8Si3/c1-9-14(4,6)12-16(8,11-3)13-15(5,7)10-2/h6-8H,1-5H3. The summed E-state index contributed by atoms with van der Waals surface area (Å²) in [4.78, 5) is 28.9. The molecule has 0 rings (SSSR count). The topological polar surface area (TPSA) is 107 Å². The van der Waals surface area contributed by atoms with Crippen LogP contribution in [0.25, 0.3) is 0 Å². The molecule has 0 radical (unpaired) electrons. The third-order valence-electron chi connectivity index (χ3n) is 1.65. The minimum Gasteiger partial charge on any atom is -0.390 e. The van der Waals surface area contributed by atoms with Gasteiger partial charge in [-0.2, -0.15) is 0 Å². The van der Waals surface area contributed by atoms with Gasteiger partial charge >= 0.3 is 26.7 Å². The lowest BCUT2D eigenvalue weighted by atomic mass is 11.8. The van der Waals surface area contributed by atoms with E-state index in [0.717, 1.165) is 7.11 Å². The van der Waals surface area contributed by atoms with Crippen molar-refractivity contribution in [1.29, 1.82) is 0 Å². The van der Waals surface area contributed by atoms with Crippen LogP contribution in [-0.2, 0) is 21.5 Å². The van der Waals surface area contributed by atoms with Crippen molar-refractivity contribution in [2.24, 2.45) is 0 Å². The van der Waals surface area contributed by atoms with Crippen LogP contribution >= 0.6 is 0 Å². The van der Waals surface area contributed by atoms with Crippen molar-refractivity contribution in [3.8, 4) is 0 Å². The molecule has 0 heterocycles. The van der Waals surface area contributed by atoms with Crippen LogP contribution in [0.5, 0.6) is 0 Å². The van der Waals surface area contributed by atoms with Crippen LogP contribution in [-0.4, -0.2) is 62.4 Å². The smallest absolute Gasteiger partial charge is 0.390 e. The van der Waals surface area contributed by atoms with Crippen LogP contribution in [0.15, 0.2) is 0 Å². The summed E-state index contributed by atoms with van der Waals surface area (Å²) in [5, 5.41) is 0. The van der Waals surface area contributed by atoms with Crippen molar-refractivity contribution in [3.05, 3.63) is 0 Å². The summed E-state index contributed by atoms with van der Waals surface area (Å²) < 4.78 is 23.7. The highest BCUT2D eigenvalue weighted by Gasteiger charge is 2.54. The first-order valence-corrected chi connectivity index (χ1v) is 10.5. The Morgan fingerprint density at radius 1 is 0.688 bits per heavy atom. The lowest BCUT2D eigenvalue weighted by molar-refractivity contribution is 0.0373. The summed E-state index contributed by atoms with van der Waals surface area (Å²) >= 11 is 0. The summed E-state index contributed by atoms with van der Waals surface area (Å²) in [6, 6.07) is 0. The van der Waals surface area contributed by atoms with E-state index in [2.05, 4.69) is 13.3 Å². The average Bonchev–Trinajstić information content (AvgIpc) is 2.16. The predicted octanol–water partition coefficient (Wildman–Crippen LogP) is -1.49. The Kier molecular flexibility index (Phi) is 5.90. The Morgan fingerprint density at radius 3 is 1.19 bits per heavy atom. The number of hydrogen-bond acceptors (Lipinski definition) is 8. The zero-order chi connectivity index (χ0) is 13.0. The molecule has 0 aliphatic rings. The van der Waals surface area contributed by atoms with Crippen LogP contribution in [0.1, 0.15) is 0 Å². The van der Waals surface area contributed by atoms with Gasteiger partial charge in [-0.3, -0.25) is 0 Å². The molecule has 8 nitrogen and oxygen atoms in total. The van der Waals surface area contributed by atoms with Gasteiger partial charge in [-0.05, 0) is 0 Å². The van der Waals surface area contributed by atoms with E-state index in [9.17, 15) is 14.4 Å². The van der Waals surface area contributed by atoms with Gasteiger partial charge in [0.25, 0.3) is 0 Å². The van der Waals surface area contributed by atoms with Gasteiger partial charge in [-0.25, -0.2) is 0 Å². The van der Waals surface area contributed by atoms with Crippen LogP contribution in [0, 0.1) is 0 Å². The number of hydrogen-bond donors (Lipinski definition) is 3. The zero-order valence-corrected chi connectivity index (χ0v) is 12.9. The van der Waals surface area contributed by atoms with Crippen LogP contribution in [0.4, 0.5) is 0 Å². The normalized spacial score (nSPS) is 23.2. The fourth-order valence-corrected chi connectivity index (χ4v) is 6.37. The molecular formula is C5H18O8Si3. The maximum atomic E-state index is 9.82. The first kappa shape index (κ1) is 16.3. The molecule has 0 spiro atoms. The zero-order valence-electron chi connectivity index (χ0n) is 9.88. The first-order chi connectivity index (χ1) is 7.10. The van der Waals surface area contributed by atoms with Crippen molar-refractivity contribution in [2.75, 3.05) is 21.3 Å². The van der Waals surface area contributed by atoms with Crippen molar-refractivity contribution >= 4 is 26.7 Å². The SMILES string of the molecule is CO[Si](C)(O)O[Si](O)(OC)O[Si](C)(O)OC. The Labute approximate surface area is 97.5 Å². The van der Waals surface area contributed by atoms with Gasteiger partial charge < -0.3 is 35.9 Å². The molecule has 0 aliphatic heterocycles. The molecule has 2 unspecified atom stereocenters. The molecule has 16 heavy (non-hydrogen) atoms. The van der Waals surface area contributed by atoms with Crippen molar-refractivity contribution in [2.45, 2.75) is 13.1 Å². The molecule has 3 N–H and O–H groups in total. The van der Waals surface area contributed by atoms with Gasteiger partial charge in [0.2, 0.25) is 0 Å². The van der Waals surface area contributed by atoms with E-state index in [1.807, 2.05) is 0 Å². The fourth-order valence-electron chi connectivity index (χ4n) is 0.666. The summed E-state index contributed by atoms with van der Waals surface area (Å²) in [6.07, 6.45) is 0. The molecule has 0 fully saturated rings. The highest BCUT2D eigenvalue weighted by Crippen LogP contribution is 2.16. The second-order valence-corrected chi connectivity index (χ2v) is 10.6.